The second-order valence-electron chi connectivity index (χ2n) is 4.90. The quantitative estimate of drug-likeness (QED) is 0.883. The number of aromatic amines is 1. The van der Waals surface area contributed by atoms with E-state index in [2.05, 4.69) is 34.1 Å². The van der Waals surface area contributed by atoms with Crippen molar-refractivity contribution in [3.8, 4) is 0 Å². The second-order valence-corrected chi connectivity index (χ2v) is 5.76. The molecule has 19 heavy (non-hydrogen) atoms. The van der Waals surface area contributed by atoms with Gasteiger partial charge in [0.15, 0.2) is 5.13 Å². The summed E-state index contributed by atoms with van der Waals surface area (Å²) in [5.41, 5.74) is 1.98. The first-order valence-electron chi connectivity index (χ1n) is 6.29. The Morgan fingerprint density at radius 1 is 1.47 bits per heavy atom. The Balaban J connectivity index is 1.92. The van der Waals surface area contributed by atoms with E-state index in [1.807, 2.05) is 12.3 Å². The standard InChI is InChI=1S/C13H18N4OS/c1-8(2)11-6-19-13(16-11)17-12(18)9(3)4-10-5-14-7-15-10/h5-9H,4H2,1-3H3,(H,14,15)(H,16,17,18). The number of amides is 1. The molecule has 6 heteroatoms. The minimum atomic E-state index is -0.119. The van der Waals surface area contributed by atoms with E-state index in [-0.39, 0.29) is 11.8 Å². The van der Waals surface area contributed by atoms with Gasteiger partial charge in [-0.1, -0.05) is 20.8 Å². The van der Waals surface area contributed by atoms with Gasteiger partial charge < -0.3 is 10.3 Å². The molecule has 102 valence electrons. The number of imidazole rings is 1. The van der Waals surface area contributed by atoms with E-state index >= 15 is 0 Å². The molecule has 0 aliphatic heterocycles. The fourth-order valence-electron chi connectivity index (χ4n) is 1.66. The number of rotatable bonds is 5. The van der Waals surface area contributed by atoms with Crippen LogP contribution in [0.5, 0.6) is 0 Å². The van der Waals surface area contributed by atoms with E-state index in [1.54, 1.807) is 12.5 Å². The third-order valence-corrected chi connectivity index (χ3v) is 3.65. The average molecular weight is 278 g/mol. The van der Waals surface area contributed by atoms with Crippen molar-refractivity contribution in [1.29, 1.82) is 0 Å². The van der Waals surface area contributed by atoms with Gasteiger partial charge in [-0.05, 0) is 5.92 Å². The topological polar surface area (TPSA) is 70.7 Å². The first kappa shape index (κ1) is 13.7. The van der Waals surface area contributed by atoms with E-state index in [0.29, 0.717) is 17.5 Å². The Kier molecular flexibility index (Phi) is 4.31. The van der Waals surface area contributed by atoms with E-state index < -0.39 is 0 Å². The van der Waals surface area contributed by atoms with Crippen LogP contribution in [0.15, 0.2) is 17.9 Å². The summed E-state index contributed by atoms with van der Waals surface area (Å²) in [7, 11) is 0. The summed E-state index contributed by atoms with van der Waals surface area (Å²) in [5, 5.41) is 5.52. The Bertz CT molecular complexity index is 533. The lowest BCUT2D eigenvalue weighted by atomic mass is 10.1. The first-order chi connectivity index (χ1) is 9.06. The van der Waals surface area contributed by atoms with Crippen molar-refractivity contribution in [1.82, 2.24) is 15.0 Å². The monoisotopic (exact) mass is 278 g/mol. The van der Waals surface area contributed by atoms with Gasteiger partial charge in [-0.25, -0.2) is 9.97 Å². The van der Waals surface area contributed by atoms with Crippen LogP contribution in [0.1, 0.15) is 38.1 Å². The maximum Gasteiger partial charge on any atom is 0.229 e. The van der Waals surface area contributed by atoms with Crippen LogP contribution in [0.3, 0.4) is 0 Å². The molecule has 0 spiro atoms. The molecule has 1 amide bonds. The lowest BCUT2D eigenvalue weighted by Gasteiger charge is -2.09. The van der Waals surface area contributed by atoms with Crippen molar-refractivity contribution in [3.05, 3.63) is 29.3 Å². The molecule has 2 rings (SSSR count). The van der Waals surface area contributed by atoms with E-state index in [0.717, 1.165) is 11.4 Å². The zero-order valence-electron chi connectivity index (χ0n) is 11.3. The van der Waals surface area contributed by atoms with Gasteiger partial charge in [-0.2, -0.15) is 0 Å². The number of hydrogen-bond donors (Lipinski definition) is 2. The lowest BCUT2D eigenvalue weighted by molar-refractivity contribution is -0.119. The zero-order valence-corrected chi connectivity index (χ0v) is 12.1. The lowest BCUT2D eigenvalue weighted by Crippen LogP contribution is -2.22. The molecule has 0 saturated heterocycles. The van der Waals surface area contributed by atoms with Gasteiger partial charge in [-0.15, -0.1) is 11.3 Å². The molecule has 0 radical (unpaired) electrons. The summed E-state index contributed by atoms with van der Waals surface area (Å²) in [4.78, 5) is 23.4. The Hall–Kier alpha value is -1.69. The summed E-state index contributed by atoms with van der Waals surface area (Å²) < 4.78 is 0. The number of carbonyl (C=O) groups excluding carboxylic acids is 1. The normalized spacial score (nSPS) is 12.6. The molecule has 0 aliphatic carbocycles. The van der Waals surface area contributed by atoms with E-state index in [1.165, 1.54) is 11.3 Å². The van der Waals surface area contributed by atoms with Crippen molar-refractivity contribution in [3.63, 3.8) is 0 Å². The molecule has 0 fully saturated rings. The van der Waals surface area contributed by atoms with Gasteiger partial charge >= 0.3 is 0 Å². The third-order valence-electron chi connectivity index (χ3n) is 2.87. The molecule has 0 aliphatic rings. The van der Waals surface area contributed by atoms with Gasteiger partial charge in [0.05, 0.1) is 12.0 Å². The molecule has 1 unspecified atom stereocenters. The van der Waals surface area contributed by atoms with Crippen molar-refractivity contribution in [2.45, 2.75) is 33.1 Å². The van der Waals surface area contributed by atoms with Crippen LogP contribution in [0.25, 0.3) is 0 Å². The average Bonchev–Trinajstić information content (AvgIpc) is 2.99. The number of aromatic nitrogens is 3. The fraction of sp³-hybridized carbons (Fsp3) is 0.462. The second kappa shape index (κ2) is 5.97. The Morgan fingerprint density at radius 2 is 2.26 bits per heavy atom. The highest BCUT2D eigenvalue weighted by molar-refractivity contribution is 7.13. The number of hydrogen-bond acceptors (Lipinski definition) is 4. The highest BCUT2D eigenvalue weighted by Gasteiger charge is 2.16. The van der Waals surface area contributed by atoms with Crippen LogP contribution >= 0.6 is 11.3 Å². The highest BCUT2D eigenvalue weighted by Crippen LogP contribution is 2.22. The number of anilines is 1. The van der Waals surface area contributed by atoms with Crippen LogP contribution in [0.2, 0.25) is 0 Å². The van der Waals surface area contributed by atoms with Crippen LogP contribution in [-0.4, -0.2) is 20.9 Å². The predicted molar refractivity (Wildman–Crippen MR) is 76.3 cm³/mol. The number of nitrogens with one attached hydrogen (secondary N) is 2. The van der Waals surface area contributed by atoms with E-state index in [4.69, 9.17) is 0 Å². The molecule has 0 bridgehead atoms. The van der Waals surface area contributed by atoms with Crippen LogP contribution < -0.4 is 5.32 Å². The van der Waals surface area contributed by atoms with Crippen molar-refractivity contribution >= 4 is 22.4 Å². The molecule has 2 aromatic rings. The molecule has 0 saturated carbocycles. The molecular weight excluding hydrogens is 260 g/mol. The SMILES string of the molecule is CC(Cc1cnc[nH]1)C(=O)Nc1nc(C(C)C)cs1. The largest absolute Gasteiger partial charge is 0.348 e. The summed E-state index contributed by atoms with van der Waals surface area (Å²) in [5.74, 6) is 0.246. The molecule has 2 heterocycles. The summed E-state index contributed by atoms with van der Waals surface area (Å²) in [6, 6.07) is 0. The van der Waals surface area contributed by atoms with Gasteiger partial charge in [-0.3, -0.25) is 4.79 Å². The first-order valence-corrected chi connectivity index (χ1v) is 7.17. The van der Waals surface area contributed by atoms with Crippen LogP contribution in [-0.2, 0) is 11.2 Å². The summed E-state index contributed by atoms with van der Waals surface area (Å²) in [6.45, 7) is 6.07. The van der Waals surface area contributed by atoms with E-state index in [9.17, 15) is 4.79 Å². The Labute approximate surface area is 116 Å². The van der Waals surface area contributed by atoms with Gasteiger partial charge in [0.2, 0.25) is 5.91 Å². The van der Waals surface area contributed by atoms with Gasteiger partial charge in [0.25, 0.3) is 0 Å². The van der Waals surface area contributed by atoms with Gasteiger partial charge in [0, 0.05) is 29.6 Å². The molecule has 5 nitrogen and oxygen atoms in total. The minimum Gasteiger partial charge on any atom is -0.348 e. The third kappa shape index (κ3) is 3.64. The fourth-order valence-corrected chi connectivity index (χ4v) is 2.53. The summed E-state index contributed by atoms with van der Waals surface area (Å²) >= 11 is 1.47. The predicted octanol–water partition coefficient (Wildman–Crippen LogP) is 2.81. The molecule has 1 atom stereocenters. The smallest absolute Gasteiger partial charge is 0.229 e. The number of thiazole rings is 1. The Morgan fingerprint density at radius 3 is 2.84 bits per heavy atom. The summed E-state index contributed by atoms with van der Waals surface area (Å²) in [6.07, 6.45) is 4.01. The molecular formula is C13H18N4OS. The number of H-pyrrole nitrogens is 1. The maximum absolute atomic E-state index is 12.0. The molecule has 2 N–H and O–H groups in total. The van der Waals surface area contributed by atoms with Crippen molar-refractivity contribution < 1.29 is 4.79 Å². The van der Waals surface area contributed by atoms with Crippen molar-refractivity contribution in [2.24, 2.45) is 5.92 Å². The zero-order chi connectivity index (χ0) is 13.8. The van der Waals surface area contributed by atoms with Crippen LogP contribution in [0.4, 0.5) is 5.13 Å². The minimum absolute atomic E-state index is 0.0146. The van der Waals surface area contributed by atoms with Crippen LogP contribution in [0, 0.1) is 5.92 Å². The number of nitrogens with zero attached hydrogens (tertiary/aromatic N) is 2. The van der Waals surface area contributed by atoms with Gasteiger partial charge in [0.1, 0.15) is 0 Å². The highest BCUT2D eigenvalue weighted by atomic mass is 32.1. The molecule has 2 aromatic heterocycles. The molecule has 0 aromatic carbocycles. The van der Waals surface area contributed by atoms with Crippen molar-refractivity contribution in [2.75, 3.05) is 5.32 Å². The maximum atomic E-state index is 12.0. The number of carbonyl (C=O) groups is 1.